The van der Waals surface area contributed by atoms with E-state index in [2.05, 4.69) is 4.72 Å². The maximum absolute atomic E-state index is 13.0. The summed E-state index contributed by atoms with van der Waals surface area (Å²) in [4.78, 5) is -0.224. The summed E-state index contributed by atoms with van der Waals surface area (Å²) in [6.07, 6.45) is 0. The monoisotopic (exact) mass is 310 g/mol. The van der Waals surface area contributed by atoms with Crippen molar-refractivity contribution in [1.82, 2.24) is 4.72 Å². The maximum atomic E-state index is 13.0. The molecule has 0 heterocycles. The third-order valence-electron chi connectivity index (χ3n) is 2.94. The first-order valence-corrected chi connectivity index (χ1v) is 7.65. The predicted octanol–water partition coefficient (Wildman–Crippen LogP) is 1.42. The highest BCUT2D eigenvalue weighted by molar-refractivity contribution is 7.89. The Hall–Kier alpha value is -1.96. The molecule has 7 heteroatoms. The number of anilines is 1. The molecule has 0 aliphatic rings. The lowest BCUT2D eigenvalue weighted by Crippen LogP contribution is -2.31. The molecule has 2 aromatic rings. The van der Waals surface area contributed by atoms with Crippen molar-refractivity contribution in [3.63, 3.8) is 0 Å². The lowest BCUT2D eigenvalue weighted by molar-refractivity contribution is 0.259. The van der Waals surface area contributed by atoms with Crippen molar-refractivity contribution in [2.24, 2.45) is 0 Å². The minimum absolute atomic E-state index is 0.188. The molecule has 2 aromatic carbocycles. The fraction of sp³-hybridized carbons (Fsp3) is 0.143. The number of rotatable bonds is 5. The molecule has 0 fully saturated rings. The molecule has 112 valence electrons. The van der Waals surface area contributed by atoms with Gasteiger partial charge >= 0.3 is 0 Å². The second-order valence-corrected chi connectivity index (χ2v) is 6.13. The number of nitrogens with one attached hydrogen (secondary N) is 1. The van der Waals surface area contributed by atoms with Crippen LogP contribution in [-0.4, -0.2) is 20.1 Å². The number of nitrogen functional groups attached to an aromatic ring is 1. The van der Waals surface area contributed by atoms with E-state index in [0.717, 1.165) is 18.2 Å². The van der Waals surface area contributed by atoms with Gasteiger partial charge in [0, 0.05) is 0 Å². The Morgan fingerprint density at radius 1 is 1.19 bits per heavy atom. The van der Waals surface area contributed by atoms with E-state index in [1.54, 1.807) is 30.3 Å². The molecular weight excluding hydrogens is 295 g/mol. The van der Waals surface area contributed by atoms with Gasteiger partial charge in [-0.3, -0.25) is 0 Å². The molecule has 0 saturated heterocycles. The highest BCUT2D eigenvalue weighted by atomic mass is 32.2. The van der Waals surface area contributed by atoms with Crippen molar-refractivity contribution in [3.8, 4) is 0 Å². The van der Waals surface area contributed by atoms with Crippen LogP contribution in [0.3, 0.4) is 0 Å². The second kappa shape index (κ2) is 6.21. The molecule has 0 spiro atoms. The third kappa shape index (κ3) is 3.57. The van der Waals surface area contributed by atoms with Crippen LogP contribution in [0.1, 0.15) is 11.6 Å². The first-order chi connectivity index (χ1) is 9.94. The van der Waals surface area contributed by atoms with E-state index in [-0.39, 0.29) is 10.6 Å². The molecule has 2 rings (SSSR count). The number of hydrogen-bond donors (Lipinski definition) is 3. The zero-order valence-electron chi connectivity index (χ0n) is 11.0. The van der Waals surface area contributed by atoms with E-state index in [1.165, 1.54) is 0 Å². The summed E-state index contributed by atoms with van der Waals surface area (Å²) in [5.41, 5.74) is 5.97. The Kier molecular flexibility index (Phi) is 4.56. The van der Waals surface area contributed by atoms with Gasteiger partial charge in [0.25, 0.3) is 0 Å². The Balaban J connectivity index is 2.32. The third-order valence-corrected chi connectivity index (χ3v) is 4.49. The van der Waals surface area contributed by atoms with Gasteiger partial charge in [-0.15, -0.1) is 0 Å². The first kappa shape index (κ1) is 15.4. The Bertz CT molecular complexity index is 720. The van der Waals surface area contributed by atoms with Gasteiger partial charge in [-0.2, -0.15) is 0 Å². The molecule has 0 aromatic heterocycles. The summed E-state index contributed by atoms with van der Waals surface area (Å²) in [5, 5.41) is 9.38. The van der Waals surface area contributed by atoms with Crippen molar-refractivity contribution in [3.05, 3.63) is 59.9 Å². The van der Waals surface area contributed by atoms with Crippen LogP contribution < -0.4 is 10.5 Å². The molecule has 0 saturated carbocycles. The van der Waals surface area contributed by atoms with Crippen LogP contribution in [0, 0.1) is 5.82 Å². The SMILES string of the molecule is Nc1cc(F)ccc1S(=O)(=O)NC(CO)c1ccccc1. The molecular formula is C14H15FN2O3S. The fourth-order valence-corrected chi connectivity index (χ4v) is 3.24. The first-order valence-electron chi connectivity index (χ1n) is 6.17. The number of aliphatic hydroxyl groups excluding tert-OH is 1. The van der Waals surface area contributed by atoms with Crippen LogP contribution in [0.2, 0.25) is 0 Å². The minimum atomic E-state index is -3.97. The number of aliphatic hydroxyl groups is 1. The number of sulfonamides is 1. The van der Waals surface area contributed by atoms with Crippen molar-refractivity contribution in [2.45, 2.75) is 10.9 Å². The van der Waals surface area contributed by atoms with Crippen LogP contribution >= 0.6 is 0 Å². The van der Waals surface area contributed by atoms with Crippen LogP contribution in [0.5, 0.6) is 0 Å². The number of halogens is 1. The maximum Gasteiger partial charge on any atom is 0.243 e. The van der Waals surface area contributed by atoms with E-state index in [1.807, 2.05) is 0 Å². The molecule has 1 atom stereocenters. The molecule has 1 unspecified atom stereocenters. The lowest BCUT2D eigenvalue weighted by atomic mass is 10.1. The van der Waals surface area contributed by atoms with E-state index >= 15 is 0 Å². The number of hydrogen-bond acceptors (Lipinski definition) is 4. The minimum Gasteiger partial charge on any atom is -0.398 e. The highest BCUT2D eigenvalue weighted by Crippen LogP contribution is 2.22. The summed E-state index contributed by atoms with van der Waals surface area (Å²) >= 11 is 0. The van der Waals surface area contributed by atoms with Gasteiger partial charge in [0.15, 0.2) is 0 Å². The molecule has 5 nitrogen and oxygen atoms in total. The number of benzene rings is 2. The van der Waals surface area contributed by atoms with Gasteiger partial charge in [-0.05, 0) is 23.8 Å². The topological polar surface area (TPSA) is 92.4 Å². The quantitative estimate of drug-likeness (QED) is 0.728. The summed E-state index contributed by atoms with van der Waals surface area (Å²) in [6, 6.07) is 10.9. The summed E-state index contributed by atoms with van der Waals surface area (Å²) in [5.74, 6) is -0.617. The zero-order valence-corrected chi connectivity index (χ0v) is 11.8. The Morgan fingerprint density at radius 3 is 2.43 bits per heavy atom. The van der Waals surface area contributed by atoms with E-state index in [4.69, 9.17) is 5.73 Å². The van der Waals surface area contributed by atoms with Crippen molar-refractivity contribution in [2.75, 3.05) is 12.3 Å². The highest BCUT2D eigenvalue weighted by Gasteiger charge is 2.23. The predicted molar refractivity (Wildman–Crippen MR) is 77.4 cm³/mol. The molecule has 0 aliphatic heterocycles. The second-order valence-electron chi connectivity index (χ2n) is 4.45. The van der Waals surface area contributed by atoms with E-state index in [9.17, 15) is 17.9 Å². The van der Waals surface area contributed by atoms with E-state index < -0.39 is 28.5 Å². The molecule has 0 aliphatic carbocycles. The summed E-state index contributed by atoms with van der Waals surface area (Å²) < 4.78 is 39.9. The molecule has 0 bridgehead atoms. The van der Waals surface area contributed by atoms with Crippen molar-refractivity contribution < 1.29 is 17.9 Å². The van der Waals surface area contributed by atoms with Gasteiger partial charge < -0.3 is 10.8 Å². The molecule has 0 radical (unpaired) electrons. The van der Waals surface area contributed by atoms with Crippen LogP contribution in [0.15, 0.2) is 53.4 Å². The normalized spacial score (nSPS) is 13.0. The molecule has 4 N–H and O–H groups in total. The van der Waals surface area contributed by atoms with Crippen molar-refractivity contribution >= 4 is 15.7 Å². The average molecular weight is 310 g/mol. The average Bonchev–Trinajstić information content (AvgIpc) is 2.45. The summed E-state index contributed by atoms with van der Waals surface area (Å²) in [6.45, 7) is -0.412. The number of nitrogens with two attached hydrogens (primary N) is 1. The standard InChI is InChI=1S/C14H15FN2O3S/c15-11-6-7-14(12(16)8-11)21(19,20)17-13(9-18)10-4-2-1-3-5-10/h1-8,13,17-18H,9,16H2. The van der Waals surface area contributed by atoms with Crippen LogP contribution in [0.4, 0.5) is 10.1 Å². The van der Waals surface area contributed by atoms with Crippen LogP contribution in [0.25, 0.3) is 0 Å². The van der Waals surface area contributed by atoms with Crippen molar-refractivity contribution in [1.29, 1.82) is 0 Å². The lowest BCUT2D eigenvalue weighted by Gasteiger charge is -2.17. The fourth-order valence-electron chi connectivity index (χ4n) is 1.91. The zero-order chi connectivity index (χ0) is 15.5. The van der Waals surface area contributed by atoms with Crippen LogP contribution in [-0.2, 0) is 10.0 Å². The van der Waals surface area contributed by atoms with E-state index in [0.29, 0.717) is 5.56 Å². The van der Waals surface area contributed by atoms with Gasteiger partial charge in [-0.1, -0.05) is 30.3 Å². The smallest absolute Gasteiger partial charge is 0.243 e. The van der Waals surface area contributed by atoms with Gasteiger partial charge in [0.1, 0.15) is 10.7 Å². The largest absolute Gasteiger partial charge is 0.398 e. The Morgan fingerprint density at radius 2 is 1.86 bits per heavy atom. The molecule has 21 heavy (non-hydrogen) atoms. The summed E-state index contributed by atoms with van der Waals surface area (Å²) in [7, 11) is -3.97. The Labute approximate surface area is 122 Å². The molecule has 0 amide bonds. The van der Waals surface area contributed by atoms with Gasteiger partial charge in [0.05, 0.1) is 18.3 Å². The van der Waals surface area contributed by atoms with Gasteiger partial charge in [0.2, 0.25) is 10.0 Å². The van der Waals surface area contributed by atoms with Gasteiger partial charge in [-0.25, -0.2) is 17.5 Å².